The number of aromatic nitrogens is 3. The van der Waals surface area contributed by atoms with Crippen molar-refractivity contribution >= 4 is 35.0 Å². The van der Waals surface area contributed by atoms with Crippen LogP contribution in [0.5, 0.6) is 0 Å². The second kappa shape index (κ2) is 10.7. The number of aryl methyl sites for hydroxylation is 2. The smallest absolute Gasteiger partial charge is 0.273 e. The first-order valence-electron chi connectivity index (χ1n) is 10.7. The van der Waals surface area contributed by atoms with Gasteiger partial charge in [-0.25, -0.2) is 0 Å². The number of nitrogens with zero attached hydrogens (tertiary/aromatic N) is 4. The van der Waals surface area contributed by atoms with Crippen molar-refractivity contribution in [2.75, 3.05) is 0 Å². The normalized spacial score (nSPS) is 10.8. The van der Waals surface area contributed by atoms with E-state index < -0.39 is 10.8 Å². The fraction of sp³-hybridized carbons (Fsp3) is 0.160. The summed E-state index contributed by atoms with van der Waals surface area (Å²) < 4.78 is 1.88. The van der Waals surface area contributed by atoms with E-state index in [9.17, 15) is 14.9 Å². The predicted octanol–water partition coefficient (Wildman–Crippen LogP) is 5.67. The molecule has 0 aliphatic heterocycles. The Bertz CT molecular complexity index is 1390. The number of carbonyl (C=O) groups is 1. The molecule has 0 aliphatic carbocycles. The molecule has 0 spiro atoms. The molecule has 8 nitrogen and oxygen atoms in total. The molecule has 10 heteroatoms. The summed E-state index contributed by atoms with van der Waals surface area (Å²) in [7, 11) is 0. The van der Waals surface area contributed by atoms with Gasteiger partial charge in [0.1, 0.15) is 0 Å². The van der Waals surface area contributed by atoms with Crippen molar-refractivity contribution < 1.29 is 9.72 Å². The molecule has 1 heterocycles. The molecule has 3 aromatic carbocycles. The Morgan fingerprint density at radius 3 is 2.54 bits per heavy atom. The van der Waals surface area contributed by atoms with Crippen LogP contribution in [-0.4, -0.2) is 25.6 Å². The highest BCUT2D eigenvalue weighted by Gasteiger charge is 2.19. The van der Waals surface area contributed by atoms with Gasteiger partial charge in [-0.1, -0.05) is 65.8 Å². The maximum atomic E-state index is 12.8. The molecular formula is C25H22ClN5O3S. The molecule has 0 aliphatic rings. The number of amides is 1. The number of carbonyl (C=O) groups excluding carboxylic acids is 1. The first-order valence-corrected chi connectivity index (χ1v) is 12.1. The van der Waals surface area contributed by atoms with E-state index in [1.54, 1.807) is 19.1 Å². The maximum absolute atomic E-state index is 12.8. The number of benzene rings is 3. The molecule has 4 aromatic rings. The summed E-state index contributed by atoms with van der Waals surface area (Å²) in [5.41, 5.74) is 3.51. The van der Waals surface area contributed by atoms with Crippen LogP contribution in [0.1, 0.15) is 32.9 Å². The minimum absolute atomic E-state index is 0.0748. The van der Waals surface area contributed by atoms with E-state index in [2.05, 4.69) is 15.5 Å². The van der Waals surface area contributed by atoms with Gasteiger partial charge in [-0.3, -0.25) is 19.5 Å². The van der Waals surface area contributed by atoms with Crippen LogP contribution in [0.25, 0.3) is 5.69 Å². The zero-order chi connectivity index (χ0) is 24.9. The molecule has 1 N–H and O–H groups in total. The molecule has 0 saturated heterocycles. The SMILES string of the molecule is Cc1ccc(Cl)cc1-n1c(CNC(=O)c2ccc(C)c([N+](=O)[O-])c2)nnc1SCc1ccccc1. The Kier molecular flexibility index (Phi) is 7.48. The highest BCUT2D eigenvalue weighted by Crippen LogP contribution is 2.28. The number of hydrogen-bond donors (Lipinski definition) is 1. The van der Waals surface area contributed by atoms with Crippen LogP contribution in [0, 0.1) is 24.0 Å². The van der Waals surface area contributed by atoms with Gasteiger partial charge >= 0.3 is 0 Å². The highest BCUT2D eigenvalue weighted by atomic mass is 35.5. The molecule has 4 rings (SSSR count). The highest BCUT2D eigenvalue weighted by molar-refractivity contribution is 7.98. The van der Waals surface area contributed by atoms with Gasteiger partial charge in [-0.2, -0.15) is 0 Å². The molecular weight excluding hydrogens is 486 g/mol. The van der Waals surface area contributed by atoms with Crippen LogP contribution in [-0.2, 0) is 12.3 Å². The fourth-order valence-electron chi connectivity index (χ4n) is 3.50. The third-order valence-electron chi connectivity index (χ3n) is 5.40. The molecule has 0 atom stereocenters. The average Bonchev–Trinajstić information content (AvgIpc) is 3.26. The molecule has 35 heavy (non-hydrogen) atoms. The summed E-state index contributed by atoms with van der Waals surface area (Å²) in [4.78, 5) is 23.5. The van der Waals surface area contributed by atoms with Crippen LogP contribution in [0.4, 0.5) is 5.69 Å². The lowest BCUT2D eigenvalue weighted by Crippen LogP contribution is -2.25. The standard InChI is InChI=1S/C25H22ClN5O3S/c1-16-9-11-20(26)13-21(16)30-23(28-29-25(30)35-15-18-6-4-3-5-7-18)14-27-24(32)19-10-8-17(2)22(12-19)31(33)34/h3-13H,14-15H2,1-2H3,(H,27,32). The lowest BCUT2D eigenvalue weighted by atomic mass is 10.1. The number of nitro benzene ring substituents is 1. The van der Waals surface area contributed by atoms with E-state index in [1.165, 1.54) is 17.8 Å². The zero-order valence-electron chi connectivity index (χ0n) is 19.1. The summed E-state index contributed by atoms with van der Waals surface area (Å²) in [5.74, 6) is 0.766. The van der Waals surface area contributed by atoms with Crippen molar-refractivity contribution in [3.63, 3.8) is 0 Å². The molecule has 0 saturated carbocycles. The van der Waals surface area contributed by atoms with Crippen molar-refractivity contribution in [2.45, 2.75) is 31.3 Å². The number of nitro groups is 1. The van der Waals surface area contributed by atoms with E-state index in [1.807, 2.05) is 60.0 Å². The number of nitrogens with one attached hydrogen (secondary N) is 1. The van der Waals surface area contributed by atoms with Gasteiger partial charge in [-0.15, -0.1) is 10.2 Å². The quantitative estimate of drug-likeness (QED) is 0.187. The van der Waals surface area contributed by atoms with E-state index in [4.69, 9.17) is 11.6 Å². The average molecular weight is 508 g/mol. The molecule has 0 fully saturated rings. The molecule has 0 radical (unpaired) electrons. The number of hydrogen-bond acceptors (Lipinski definition) is 6. The monoisotopic (exact) mass is 507 g/mol. The number of rotatable bonds is 8. The first kappa shape index (κ1) is 24.4. The van der Waals surface area contributed by atoms with Crippen molar-refractivity contribution in [1.82, 2.24) is 20.1 Å². The van der Waals surface area contributed by atoms with E-state index in [-0.39, 0.29) is 17.8 Å². The minimum Gasteiger partial charge on any atom is -0.345 e. The van der Waals surface area contributed by atoms with E-state index in [0.717, 1.165) is 16.8 Å². The topological polar surface area (TPSA) is 103 Å². The Morgan fingerprint density at radius 2 is 1.80 bits per heavy atom. The van der Waals surface area contributed by atoms with Gasteiger partial charge in [-0.05, 0) is 43.2 Å². The second-order valence-corrected chi connectivity index (χ2v) is 9.26. The van der Waals surface area contributed by atoms with E-state index >= 15 is 0 Å². The lowest BCUT2D eigenvalue weighted by molar-refractivity contribution is -0.385. The Morgan fingerprint density at radius 1 is 1.06 bits per heavy atom. The lowest BCUT2D eigenvalue weighted by Gasteiger charge is -2.14. The fourth-order valence-corrected chi connectivity index (χ4v) is 4.59. The number of thioether (sulfide) groups is 1. The molecule has 0 bridgehead atoms. The predicted molar refractivity (Wildman–Crippen MR) is 136 cm³/mol. The maximum Gasteiger partial charge on any atom is 0.273 e. The van der Waals surface area contributed by atoms with Gasteiger partial charge in [0.25, 0.3) is 11.6 Å². The van der Waals surface area contributed by atoms with Crippen LogP contribution < -0.4 is 5.32 Å². The molecule has 178 valence electrons. The van der Waals surface area contributed by atoms with Gasteiger partial charge in [0, 0.05) is 28.0 Å². The third kappa shape index (κ3) is 5.70. The van der Waals surface area contributed by atoms with E-state index in [0.29, 0.717) is 27.3 Å². The summed E-state index contributed by atoms with van der Waals surface area (Å²) in [6, 6.07) is 20.0. The minimum atomic E-state index is -0.499. The van der Waals surface area contributed by atoms with Crippen LogP contribution >= 0.6 is 23.4 Å². The molecule has 0 unspecified atom stereocenters. The Hall–Kier alpha value is -3.69. The van der Waals surface area contributed by atoms with Gasteiger partial charge in [0.2, 0.25) is 0 Å². The van der Waals surface area contributed by atoms with Crippen molar-refractivity contribution in [1.29, 1.82) is 0 Å². The Balaban J connectivity index is 1.61. The largest absolute Gasteiger partial charge is 0.345 e. The summed E-state index contributed by atoms with van der Waals surface area (Å²) in [6.45, 7) is 3.67. The second-order valence-electron chi connectivity index (χ2n) is 7.88. The third-order valence-corrected chi connectivity index (χ3v) is 6.63. The number of halogens is 1. The van der Waals surface area contributed by atoms with Crippen LogP contribution in [0.15, 0.2) is 71.9 Å². The van der Waals surface area contributed by atoms with Crippen LogP contribution in [0.3, 0.4) is 0 Å². The molecule has 1 amide bonds. The van der Waals surface area contributed by atoms with Gasteiger partial charge < -0.3 is 5.32 Å². The zero-order valence-corrected chi connectivity index (χ0v) is 20.6. The summed E-state index contributed by atoms with van der Waals surface area (Å²) in [5, 5.41) is 24.0. The molecule has 1 aromatic heterocycles. The summed E-state index contributed by atoms with van der Waals surface area (Å²) >= 11 is 7.81. The van der Waals surface area contributed by atoms with Gasteiger partial charge in [0.05, 0.1) is 17.2 Å². The first-order chi connectivity index (χ1) is 16.8. The van der Waals surface area contributed by atoms with Crippen molar-refractivity contribution in [3.05, 3.63) is 110 Å². The Labute approximate surface area is 211 Å². The van der Waals surface area contributed by atoms with Crippen molar-refractivity contribution in [3.8, 4) is 5.69 Å². The van der Waals surface area contributed by atoms with Gasteiger partial charge in [0.15, 0.2) is 11.0 Å². The summed E-state index contributed by atoms with van der Waals surface area (Å²) in [6.07, 6.45) is 0. The van der Waals surface area contributed by atoms with Crippen LogP contribution in [0.2, 0.25) is 5.02 Å². The van der Waals surface area contributed by atoms with Crippen molar-refractivity contribution in [2.24, 2.45) is 0 Å².